The number of hydrogen-bond acceptors (Lipinski definition) is 3. The Morgan fingerprint density at radius 1 is 1.36 bits per heavy atom. The number of ether oxygens (including phenoxy) is 1. The number of fused-ring (bicyclic) bond motifs is 2. The molecule has 0 spiro atoms. The maximum Gasteiger partial charge on any atom is 0.261 e. The first-order valence-corrected chi connectivity index (χ1v) is 8.43. The largest absolute Gasteiger partial charge is 0.481 e. The van der Waals surface area contributed by atoms with E-state index in [0.717, 1.165) is 24.2 Å². The number of amides is 1. The van der Waals surface area contributed by atoms with Crippen LogP contribution in [-0.2, 0) is 4.79 Å². The Hall–Kier alpha value is -1.55. The van der Waals surface area contributed by atoms with Gasteiger partial charge in [0.1, 0.15) is 5.75 Å². The van der Waals surface area contributed by atoms with Gasteiger partial charge in [0.25, 0.3) is 5.91 Å². The van der Waals surface area contributed by atoms with E-state index in [1.54, 1.807) is 0 Å². The number of nitrogens with one attached hydrogen (secondary N) is 2. The predicted molar refractivity (Wildman–Crippen MR) is 87.0 cm³/mol. The Labute approximate surface area is 132 Å². The highest BCUT2D eigenvalue weighted by Gasteiger charge is 2.34. The van der Waals surface area contributed by atoms with Crippen LogP contribution >= 0.6 is 0 Å². The number of hydrogen-bond donors (Lipinski definition) is 2. The Balaban J connectivity index is 1.57. The van der Waals surface area contributed by atoms with E-state index in [2.05, 4.69) is 10.6 Å². The number of carbonyl (C=O) groups excluding carboxylic acids is 1. The molecule has 0 aromatic heterocycles. The first-order valence-electron chi connectivity index (χ1n) is 8.43. The summed E-state index contributed by atoms with van der Waals surface area (Å²) in [6, 6.07) is 9.33. The molecule has 4 heteroatoms. The quantitative estimate of drug-likeness (QED) is 0.879. The van der Waals surface area contributed by atoms with E-state index in [9.17, 15) is 4.79 Å². The van der Waals surface area contributed by atoms with Gasteiger partial charge in [0.15, 0.2) is 6.10 Å². The summed E-state index contributed by atoms with van der Waals surface area (Å²) in [5.41, 5.74) is 1.14. The maximum atomic E-state index is 12.5. The van der Waals surface area contributed by atoms with Crippen LogP contribution in [0.5, 0.6) is 5.75 Å². The molecule has 2 N–H and O–H groups in total. The van der Waals surface area contributed by atoms with Gasteiger partial charge in [-0.2, -0.15) is 0 Å². The third-order valence-electron chi connectivity index (χ3n) is 4.75. The van der Waals surface area contributed by atoms with Crippen LogP contribution in [0, 0.1) is 6.92 Å². The molecule has 2 saturated heterocycles. The van der Waals surface area contributed by atoms with E-state index < -0.39 is 6.10 Å². The summed E-state index contributed by atoms with van der Waals surface area (Å²) in [5.74, 6) is 0.794. The van der Waals surface area contributed by atoms with E-state index >= 15 is 0 Å². The van der Waals surface area contributed by atoms with Crippen molar-refractivity contribution in [3.8, 4) is 5.75 Å². The van der Waals surface area contributed by atoms with E-state index in [0.29, 0.717) is 24.5 Å². The molecule has 1 aromatic carbocycles. The highest BCUT2D eigenvalue weighted by molar-refractivity contribution is 5.81. The van der Waals surface area contributed by atoms with Gasteiger partial charge < -0.3 is 15.4 Å². The third-order valence-corrected chi connectivity index (χ3v) is 4.75. The third kappa shape index (κ3) is 3.61. The summed E-state index contributed by atoms with van der Waals surface area (Å²) >= 11 is 0. The molecular formula is C18H26N2O2. The zero-order chi connectivity index (χ0) is 15.5. The first kappa shape index (κ1) is 15.3. The number of carbonyl (C=O) groups is 1. The van der Waals surface area contributed by atoms with Crippen molar-refractivity contribution in [3.63, 3.8) is 0 Å². The molecule has 0 aliphatic carbocycles. The zero-order valence-corrected chi connectivity index (χ0v) is 13.5. The van der Waals surface area contributed by atoms with Gasteiger partial charge in [-0.15, -0.1) is 0 Å². The van der Waals surface area contributed by atoms with Crippen molar-refractivity contribution >= 4 is 5.91 Å². The summed E-state index contributed by atoms with van der Waals surface area (Å²) < 4.78 is 5.89. The van der Waals surface area contributed by atoms with Crippen LogP contribution < -0.4 is 15.4 Å². The van der Waals surface area contributed by atoms with Crippen LogP contribution in [0.4, 0.5) is 0 Å². The Morgan fingerprint density at radius 2 is 2.09 bits per heavy atom. The zero-order valence-electron chi connectivity index (χ0n) is 13.5. The van der Waals surface area contributed by atoms with E-state index in [-0.39, 0.29) is 5.91 Å². The van der Waals surface area contributed by atoms with Gasteiger partial charge in [-0.05, 0) is 56.7 Å². The molecule has 2 fully saturated rings. The second-order valence-corrected chi connectivity index (χ2v) is 6.65. The lowest BCUT2D eigenvalue weighted by Gasteiger charge is -2.30. The van der Waals surface area contributed by atoms with Gasteiger partial charge in [0, 0.05) is 18.1 Å². The lowest BCUT2D eigenvalue weighted by atomic mass is 9.99. The van der Waals surface area contributed by atoms with Crippen LogP contribution in [0.2, 0.25) is 0 Å². The molecule has 120 valence electrons. The molecule has 3 atom stereocenters. The van der Waals surface area contributed by atoms with Crippen molar-refractivity contribution in [1.29, 1.82) is 0 Å². The van der Waals surface area contributed by atoms with Crippen molar-refractivity contribution in [3.05, 3.63) is 29.8 Å². The van der Waals surface area contributed by atoms with Crippen LogP contribution in [0.25, 0.3) is 0 Å². The molecule has 1 aromatic rings. The lowest BCUT2D eigenvalue weighted by molar-refractivity contribution is -0.129. The average Bonchev–Trinajstić information content (AvgIpc) is 2.83. The topological polar surface area (TPSA) is 50.4 Å². The minimum absolute atomic E-state index is 0.0234. The van der Waals surface area contributed by atoms with Crippen LogP contribution in [0.15, 0.2) is 24.3 Å². The van der Waals surface area contributed by atoms with Gasteiger partial charge in [-0.3, -0.25) is 4.79 Å². The SMILES string of the molecule is CCC(Oc1cccc(C)c1)C(=O)NC1CC2CCC(C1)N2. The molecule has 2 aliphatic rings. The molecule has 3 rings (SSSR count). The molecule has 0 radical (unpaired) electrons. The van der Waals surface area contributed by atoms with Gasteiger partial charge in [-0.1, -0.05) is 19.1 Å². The molecule has 4 nitrogen and oxygen atoms in total. The van der Waals surface area contributed by atoms with Gasteiger partial charge >= 0.3 is 0 Å². The van der Waals surface area contributed by atoms with E-state index in [1.807, 2.05) is 38.1 Å². The number of rotatable bonds is 5. The molecule has 2 bridgehead atoms. The summed E-state index contributed by atoms with van der Waals surface area (Å²) in [4.78, 5) is 12.5. The fourth-order valence-electron chi connectivity index (χ4n) is 3.64. The highest BCUT2D eigenvalue weighted by Crippen LogP contribution is 2.27. The molecule has 3 unspecified atom stereocenters. The molecule has 0 saturated carbocycles. The highest BCUT2D eigenvalue weighted by atomic mass is 16.5. The normalized spacial score (nSPS) is 28.2. The summed E-state index contributed by atoms with van der Waals surface area (Å²) in [5, 5.41) is 6.80. The second kappa shape index (κ2) is 6.69. The maximum absolute atomic E-state index is 12.5. The van der Waals surface area contributed by atoms with E-state index in [1.165, 1.54) is 12.8 Å². The number of aryl methyl sites for hydroxylation is 1. The molecular weight excluding hydrogens is 276 g/mol. The van der Waals surface area contributed by atoms with Crippen molar-refractivity contribution in [2.24, 2.45) is 0 Å². The average molecular weight is 302 g/mol. The van der Waals surface area contributed by atoms with Crippen molar-refractivity contribution in [1.82, 2.24) is 10.6 Å². The van der Waals surface area contributed by atoms with Crippen molar-refractivity contribution < 1.29 is 9.53 Å². The second-order valence-electron chi connectivity index (χ2n) is 6.65. The van der Waals surface area contributed by atoms with E-state index in [4.69, 9.17) is 4.74 Å². The first-order chi connectivity index (χ1) is 10.6. The summed E-state index contributed by atoms with van der Waals surface area (Å²) in [7, 11) is 0. The molecule has 2 aliphatic heterocycles. The summed E-state index contributed by atoms with van der Waals surface area (Å²) in [6.45, 7) is 4.02. The Kier molecular flexibility index (Phi) is 4.67. The minimum atomic E-state index is -0.408. The van der Waals surface area contributed by atoms with Gasteiger partial charge in [-0.25, -0.2) is 0 Å². The monoisotopic (exact) mass is 302 g/mol. The molecule has 1 amide bonds. The molecule has 22 heavy (non-hydrogen) atoms. The van der Waals surface area contributed by atoms with Crippen LogP contribution in [-0.4, -0.2) is 30.1 Å². The summed E-state index contributed by atoms with van der Waals surface area (Å²) in [6.07, 6.45) is 4.85. The molecule has 2 heterocycles. The fourth-order valence-corrected chi connectivity index (χ4v) is 3.64. The van der Waals surface area contributed by atoms with Gasteiger partial charge in [0.2, 0.25) is 0 Å². The van der Waals surface area contributed by atoms with Gasteiger partial charge in [0.05, 0.1) is 0 Å². The number of benzene rings is 1. The Morgan fingerprint density at radius 3 is 2.73 bits per heavy atom. The van der Waals surface area contributed by atoms with Crippen LogP contribution in [0.1, 0.15) is 44.6 Å². The minimum Gasteiger partial charge on any atom is -0.481 e. The van der Waals surface area contributed by atoms with Crippen molar-refractivity contribution in [2.75, 3.05) is 0 Å². The Bertz CT molecular complexity index is 520. The van der Waals surface area contributed by atoms with Crippen LogP contribution in [0.3, 0.4) is 0 Å². The fraction of sp³-hybridized carbons (Fsp3) is 0.611. The number of piperidine rings is 1. The lowest BCUT2D eigenvalue weighted by Crippen LogP contribution is -2.51. The van der Waals surface area contributed by atoms with Crippen molar-refractivity contribution in [2.45, 2.75) is 70.2 Å². The smallest absolute Gasteiger partial charge is 0.261 e. The standard InChI is InChI=1S/C18H26N2O2/c1-3-17(22-16-6-4-5-12(2)9-16)18(21)20-15-10-13-7-8-14(11-15)19-13/h4-6,9,13-15,17,19H,3,7-8,10-11H2,1-2H3,(H,20,21). The predicted octanol–water partition coefficient (Wildman–Crippen LogP) is 2.55.